The van der Waals surface area contributed by atoms with Crippen LogP contribution in [0.2, 0.25) is 5.02 Å². The van der Waals surface area contributed by atoms with Crippen molar-refractivity contribution in [1.29, 1.82) is 5.26 Å². The second-order valence-electron chi connectivity index (χ2n) is 4.72. The molecular weight excluding hydrogens is 346 g/mol. The van der Waals surface area contributed by atoms with Gasteiger partial charge in [-0.05, 0) is 37.3 Å². The monoisotopic (exact) mass is 359 g/mol. The van der Waals surface area contributed by atoms with Crippen LogP contribution in [0.15, 0.2) is 36.5 Å². The molecule has 0 bridgehead atoms. The maximum absolute atomic E-state index is 12.1. The van der Waals surface area contributed by atoms with Gasteiger partial charge in [-0.3, -0.25) is 4.79 Å². The molecule has 1 N–H and O–H groups in total. The summed E-state index contributed by atoms with van der Waals surface area (Å²) >= 11 is 5.85. The van der Waals surface area contributed by atoms with Crippen molar-refractivity contribution in [3.8, 4) is 11.9 Å². The zero-order valence-corrected chi connectivity index (χ0v) is 14.0. The average Bonchev–Trinajstić information content (AvgIpc) is 2.61. The van der Waals surface area contributed by atoms with Gasteiger partial charge in [-0.2, -0.15) is 5.26 Å². The van der Waals surface area contributed by atoms with E-state index in [1.807, 2.05) is 6.07 Å². The molecule has 0 radical (unpaired) electrons. The van der Waals surface area contributed by atoms with E-state index in [4.69, 9.17) is 26.3 Å². The Hall–Kier alpha value is -3.11. The molecule has 0 aliphatic carbocycles. The molecule has 2 rings (SSSR count). The van der Waals surface area contributed by atoms with E-state index in [0.717, 1.165) is 0 Å². The van der Waals surface area contributed by atoms with Crippen LogP contribution in [0.4, 0.5) is 5.69 Å². The summed E-state index contributed by atoms with van der Waals surface area (Å²) in [7, 11) is 0. The lowest BCUT2D eigenvalue weighted by Gasteiger charge is -2.10. The zero-order valence-electron chi connectivity index (χ0n) is 13.3. The number of nitrogens with one attached hydrogen (secondary N) is 1. The van der Waals surface area contributed by atoms with E-state index in [9.17, 15) is 9.59 Å². The number of benzene rings is 1. The van der Waals surface area contributed by atoms with Crippen molar-refractivity contribution in [2.45, 2.75) is 6.92 Å². The number of nitrogens with zero attached hydrogens (tertiary/aromatic N) is 2. The van der Waals surface area contributed by atoms with E-state index >= 15 is 0 Å². The van der Waals surface area contributed by atoms with Crippen molar-refractivity contribution in [2.75, 3.05) is 18.5 Å². The molecule has 7 nitrogen and oxygen atoms in total. The first-order valence-corrected chi connectivity index (χ1v) is 7.67. The summed E-state index contributed by atoms with van der Waals surface area (Å²) in [5, 5.41) is 11.9. The first-order valence-electron chi connectivity index (χ1n) is 7.29. The van der Waals surface area contributed by atoms with Crippen molar-refractivity contribution < 1.29 is 19.1 Å². The van der Waals surface area contributed by atoms with Gasteiger partial charge in [0, 0.05) is 11.2 Å². The van der Waals surface area contributed by atoms with E-state index in [0.29, 0.717) is 11.6 Å². The maximum atomic E-state index is 12.1. The predicted molar refractivity (Wildman–Crippen MR) is 90.5 cm³/mol. The van der Waals surface area contributed by atoms with Crippen LogP contribution in [-0.2, 0) is 9.53 Å². The number of aromatic nitrogens is 1. The molecule has 1 heterocycles. The quantitative estimate of drug-likeness (QED) is 0.796. The van der Waals surface area contributed by atoms with Gasteiger partial charge < -0.3 is 14.8 Å². The van der Waals surface area contributed by atoms with Crippen molar-refractivity contribution in [1.82, 2.24) is 4.98 Å². The molecule has 25 heavy (non-hydrogen) atoms. The number of carbonyl (C=O) groups is 2. The van der Waals surface area contributed by atoms with Crippen molar-refractivity contribution in [2.24, 2.45) is 0 Å². The third-order valence-corrected chi connectivity index (χ3v) is 3.22. The number of esters is 1. The SMILES string of the molecule is CCOc1ncccc1C(=O)OCC(=O)Nc1cc(Cl)ccc1C#N. The number of hydrogen-bond donors (Lipinski definition) is 1. The summed E-state index contributed by atoms with van der Waals surface area (Å²) in [6.07, 6.45) is 1.48. The highest BCUT2D eigenvalue weighted by Crippen LogP contribution is 2.20. The van der Waals surface area contributed by atoms with Gasteiger partial charge in [-0.15, -0.1) is 0 Å². The highest BCUT2D eigenvalue weighted by molar-refractivity contribution is 6.31. The lowest BCUT2D eigenvalue weighted by molar-refractivity contribution is -0.119. The molecular formula is C17H14ClN3O4. The number of anilines is 1. The Balaban J connectivity index is 2.00. The Morgan fingerprint density at radius 2 is 2.16 bits per heavy atom. The summed E-state index contributed by atoms with van der Waals surface area (Å²) in [6.45, 7) is 1.56. The lowest BCUT2D eigenvalue weighted by atomic mass is 10.2. The lowest BCUT2D eigenvalue weighted by Crippen LogP contribution is -2.21. The van der Waals surface area contributed by atoms with Crippen molar-refractivity contribution in [3.63, 3.8) is 0 Å². The molecule has 0 saturated heterocycles. The zero-order chi connectivity index (χ0) is 18.2. The minimum absolute atomic E-state index is 0.123. The van der Waals surface area contributed by atoms with Crippen molar-refractivity contribution >= 4 is 29.2 Å². The topological polar surface area (TPSA) is 101 Å². The minimum Gasteiger partial charge on any atom is -0.477 e. The summed E-state index contributed by atoms with van der Waals surface area (Å²) in [6, 6.07) is 9.44. The fraction of sp³-hybridized carbons (Fsp3) is 0.176. The van der Waals surface area contributed by atoms with E-state index in [2.05, 4.69) is 10.3 Å². The second kappa shape index (κ2) is 8.66. The van der Waals surface area contributed by atoms with Crippen LogP contribution in [0, 0.1) is 11.3 Å². The Morgan fingerprint density at radius 1 is 1.36 bits per heavy atom. The largest absolute Gasteiger partial charge is 0.477 e. The van der Waals surface area contributed by atoms with E-state index in [1.54, 1.807) is 13.0 Å². The summed E-state index contributed by atoms with van der Waals surface area (Å²) in [5.41, 5.74) is 0.611. The second-order valence-corrected chi connectivity index (χ2v) is 5.15. The average molecular weight is 360 g/mol. The molecule has 0 spiro atoms. The Kier molecular flexibility index (Phi) is 6.32. The molecule has 0 aliphatic heterocycles. The number of halogens is 1. The van der Waals surface area contributed by atoms with Gasteiger partial charge in [-0.25, -0.2) is 9.78 Å². The molecule has 128 valence electrons. The van der Waals surface area contributed by atoms with Gasteiger partial charge in [0.2, 0.25) is 5.88 Å². The fourth-order valence-corrected chi connectivity index (χ4v) is 2.08. The Morgan fingerprint density at radius 3 is 2.88 bits per heavy atom. The van der Waals surface area contributed by atoms with Gasteiger partial charge in [0.15, 0.2) is 6.61 Å². The molecule has 1 aromatic heterocycles. The van der Waals surface area contributed by atoms with Crippen LogP contribution >= 0.6 is 11.6 Å². The van der Waals surface area contributed by atoms with Crippen molar-refractivity contribution in [3.05, 3.63) is 52.7 Å². The highest BCUT2D eigenvalue weighted by Gasteiger charge is 2.17. The number of nitriles is 1. The van der Waals surface area contributed by atoms with E-state index < -0.39 is 18.5 Å². The molecule has 1 aromatic carbocycles. The Bertz CT molecular complexity index is 833. The van der Waals surface area contributed by atoms with Gasteiger partial charge in [0.1, 0.15) is 11.6 Å². The minimum atomic E-state index is -0.738. The van der Waals surface area contributed by atoms with Crippen LogP contribution in [0.1, 0.15) is 22.8 Å². The summed E-state index contributed by atoms with van der Waals surface area (Å²) in [5.74, 6) is -1.20. The van der Waals surface area contributed by atoms with Gasteiger partial charge in [0.25, 0.3) is 5.91 Å². The van der Waals surface area contributed by atoms with Crippen LogP contribution in [0.3, 0.4) is 0 Å². The van der Waals surface area contributed by atoms with E-state index in [1.165, 1.54) is 30.5 Å². The first kappa shape index (κ1) is 18.2. The van der Waals surface area contributed by atoms with Crippen LogP contribution in [0.25, 0.3) is 0 Å². The van der Waals surface area contributed by atoms with Gasteiger partial charge >= 0.3 is 5.97 Å². The fourth-order valence-electron chi connectivity index (χ4n) is 1.91. The van der Waals surface area contributed by atoms with Crippen LogP contribution in [-0.4, -0.2) is 30.1 Å². The molecule has 1 amide bonds. The van der Waals surface area contributed by atoms with Crippen LogP contribution < -0.4 is 10.1 Å². The molecule has 8 heteroatoms. The molecule has 0 atom stereocenters. The standard InChI is InChI=1S/C17H14ClN3O4/c1-2-24-16-13(4-3-7-20-16)17(23)25-10-15(22)21-14-8-12(18)6-5-11(14)9-19/h3-8H,2,10H2,1H3,(H,21,22). The Labute approximate surface area is 149 Å². The smallest absolute Gasteiger partial charge is 0.344 e. The summed E-state index contributed by atoms with van der Waals surface area (Å²) < 4.78 is 10.2. The maximum Gasteiger partial charge on any atom is 0.344 e. The predicted octanol–water partition coefficient (Wildman–Crippen LogP) is 2.80. The number of hydrogen-bond acceptors (Lipinski definition) is 6. The van der Waals surface area contributed by atoms with Gasteiger partial charge in [-0.1, -0.05) is 11.6 Å². The molecule has 0 aliphatic rings. The molecule has 0 unspecified atom stereocenters. The van der Waals surface area contributed by atoms with Crippen LogP contribution in [0.5, 0.6) is 5.88 Å². The number of carbonyl (C=O) groups excluding carboxylic acids is 2. The number of ether oxygens (including phenoxy) is 2. The molecule has 2 aromatic rings. The van der Waals surface area contributed by atoms with Gasteiger partial charge in [0.05, 0.1) is 17.9 Å². The summed E-state index contributed by atoms with van der Waals surface area (Å²) in [4.78, 5) is 28.0. The third-order valence-electron chi connectivity index (χ3n) is 2.98. The first-order chi connectivity index (χ1) is 12.0. The molecule has 0 fully saturated rings. The normalized spacial score (nSPS) is 9.80. The third kappa shape index (κ3) is 4.93. The number of amides is 1. The van der Waals surface area contributed by atoms with E-state index in [-0.39, 0.29) is 22.7 Å². The molecule has 0 saturated carbocycles. The number of rotatable bonds is 6. The highest BCUT2D eigenvalue weighted by atomic mass is 35.5. The number of pyridine rings is 1.